The van der Waals surface area contributed by atoms with Gasteiger partial charge in [0.05, 0.1) is 18.7 Å². The van der Waals surface area contributed by atoms with Gasteiger partial charge in [0.1, 0.15) is 5.69 Å². The van der Waals surface area contributed by atoms with Crippen LogP contribution in [0.4, 0.5) is 11.6 Å². The number of hydrogen-bond acceptors (Lipinski definition) is 5. The van der Waals surface area contributed by atoms with Gasteiger partial charge in [-0.15, -0.1) is 0 Å². The standard InChI is InChI=1S/C12H11N3O3/c13-11-7-9(14-18-11)8-3-1-2-4-10(8)15-12(16)5-6-17-15/h1-4,7H,5-6,13H2. The molecule has 0 bridgehead atoms. The van der Waals surface area contributed by atoms with E-state index in [-0.39, 0.29) is 11.8 Å². The number of benzene rings is 1. The lowest BCUT2D eigenvalue weighted by molar-refractivity contribution is -0.119. The molecule has 1 amide bonds. The molecule has 1 saturated heterocycles. The molecule has 6 nitrogen and oxygen atoms in total. The number of aromatic nitrogens is 1. The van der Waals surface area contributed by atoms with Gasteiger partial charge in [-0.2, -0.15) is 5.06 Å². The molecule has 2 N–H and O–H groups in total. The Hall–Kier alpha value is -2.34. The van der Waals surface area contributed by atoms with E-state index in [9.17, 15) is 4.79 Å². The molecule has 1 fully saturated rings. The van der Waals surface area contributed by atoms with Crippen molar-refractivity contribution in [3.05, 3.63) is 30.3 Å². The zero-order chi connectivity index (χ0) is 12.5. The van der Waals surface area contributed by atoms with Gasteiger partial charge in [0.15, 0.2) is 0 Å². The highest BCUT2D eigenvalue weighted by molar-refractivity contribution is 5.96. The fraction of sp³-hybridized carbons (Fsp3) is 0.167. The fourth-order valence-electron chi connectivity index (χ4n) is 1.89. The molecule has 1 aromatic heterocycles. The van der Waals surface area contributed by atoms with Gasteiger partial charge in [-0.05, 0) is 6.07 Å². The monoisotopic (exact) mass is 245 g/mol. The summed E-state index contributed by atoms with van der Waals surface area (Å²) < 4.78 is 4.85. The van der Waals surface area contributed by atoms with E-state index < -0.39 is 0 Å². The van der Waals surface area contributed by atoms with Crippen LogP contribution in [0.25, 0.3) is 11.3 Å². The molecule has 3 rings (SSSR count). The predicted molar refractivity (Wildman–Crippen MR) is 64.4 cm³/mol. The number of hydroxylamine groups is 1. The zero-order valence-electron chi connectivity index (χ0n) is 9.50. The van der Waals surface area contributed by atoms with Crippen LogP contribution in [0.1, 0.15) is 6.42 Å². The summed E-state index contributed by atoms with van der Waals surface area (Å²) in [5.41, 5.74) is 7.47. The van der Waals surface area contributed by atoms with Crippen molar-refractivity contribution in [2.24, 2.45) is 0 Å². The van der Waals surface area contributed by atoms with Gasteiger partial charge in [-0.1, -0.05) is 23.4 Å². The normalized spacial score (nSPS) is 15.3. The second kappa shape index (κ2) is 4.15. The number of carbonyl (C=O) groups is 1. The SMILES string of the molecule is Nc1cc(-c2ccccc2N2OCCC2=O)no1. The third-order valence-corrected chi connectivity index (χ3v) is 2.69. The highest BCUT2D eigenvalue weighted by Crippen LogP contribution is 2.32. The summed E-state index contributed by atoms with van der Waals surface area (Å²) in [6.45, 7) is 0.397. The van der Waals surface area contributed by atoms with Crippen LogP contribution in [-0.4, -0.2) is 17.7 Å². The third kappa shape index (κ3) is 1.72. The second-order valence-corrected chi connectivity index (χ2v) is 3.90. The Bertz CT molecular complexity index is 594. The lowest BCUT2D eigenvalue weighted by atomic mass is 10.1. The van der Waals surface area contributed by atoms with Crippen LogP contribution in [0.5, 0.6) is 0 Å². The van der Waals surface area contributed by atoms with Crippen molar-refractivity contribution in [1.82, 2.24) is 5.16 Å². The molecule has 1 aromatic carbocycles. The minimum Gasteiger partial charge on any atom is -0.368 e. The first-order chi connectivity index (χ1) is 8.75. The van der Waals surface area contributed by atoms with Crippen LogP contribution in [-0.2, 0) is 9.63 Å². The summed E-state index contributed by atoms with van der Waals surface area (Å²) in [6, 6.07) is 8.92. The first kappa shape index (κ1) is 10.8. The molecule has 0 atom stereocenters. The quantitative estimate of drug-likeness (QED) is 0.868. The number of anilines is 2. The fourth-order valence-corrected chi connectivity index (χ4v) is 1.89. The van der Waals surface area contributed by atoms with Gasteiger partial charge in [-0.3, -0.25) is 9.63 Å². The number of nitrogens with zero attached hydrogens (tertiary/aromatic N) is 2. The van der Waals surface area contributed by atoms with Gasteiger partial charge in [0.2, 0.25) is 5.88 Å². The molecule has 1 aliphatic rings. The minimum absolute atomic E-state index is 0.0704. The number of hydrogen-bond donors (Lipinski definition) is 1. The van der Waals surface area contributed by atoms with Crippen molar-refractivity contribution in [2.75, 3.05) is 17.4 Å². The Labute approximate surface area is 103 Å². The van der Waals surface area contributed by atoms with Gasteiger partial charge in [0, 0.05) is 11.6 Å². The van der Waals surface area contributed by atoms with Crippen LogP contribution in [0.15, 0.2) is 34.9 Å². The predicted octanol–water partition coefficient (Wildman–Crippen LogP) is 1.59. The van der Waals surface area contributed by atoms with E-state index in [0.29, 0.717) is 24.4 Å². The Morgan fingerprint density at radius 2 is 2.17 bits per heavy atom. The topological polar surface area (TPSA) is 81.6 Å². The summed E-state index contributed by atoms with van der Waals surface area (Å²) in [6.07, 6.45) is 0.384. The maximum atomic E-state index is 11.7. The van der Waals surface area contributed by atoms with E-state index >= 15 is 0 Å². The van der Waals surface area contributed by atoms with Crippen molar-refractivity contribution in [2.45, 2.75) is 6.42 Å². The van der Waals surface area contributed by atoms with Crippen molar-refractivity contribution in [3.63, 3.8) is 0 Å². The summed E-state index contributed by atoms with van der Waals surface area (Å²) in [5, 5.41) is 5.14. The van der Waals surface area contributed by atoms with E-state index in [2.05, 4.69) is 5.16 Å². The maximum absolute atomic E-state index is 11.7. The molecular weight excluding hydrogens is 234 g/mol. The van der Waals surface area contributed by atoms with E-state index in [1.807, 2.05) is 18.2 Å². The average Bonchev–Trinajstić information content (AvgIpc) is 2.98. The maximum Gasteiger partial charge on any atom is 0.253 e. The molecule has 1 aliphatic heterocycles. The van der Waals surface area contributed by atoms with Crippen molar-refractivity contribution >= 4 is 17.5 Å². The highest BCUT2D eigenvalue weighted by atomic mass is 16.7. The smallest absolute Gasteiger partial charge is 0.253 e. The molecule has 0 radical (unpaired) electrons. The van der Waals surface area contributed by atoms with E-state index in [1.165, 1.54) is 5.06 Å². The Morgan fingerprint density at radius 3 is 2.83 bits per heavy atom. The first-order valence-electron chi connectivity index (χ1n) is 5.53. The van der Waals surface area contributed by atoms with Crippen LogP contribution >= 0.6 is 0 Å². The Balaban J connectivity index is 2.07. The molecule has 92 valence electrons. The van der Waals surface area contributed by atoms with Crippen molar-refractivity contribution in [1.29, 1.82) is 0 Å². The van der Waals surface area contributed by atoms with E-state index in [4.69, 9.17) is 15.1 Å². The lowest BCUT2D eigenvalue weighted by Crippen LogP contribution is -2.22. The first-order valence-corrected chi connectivity index (χ1v) is 5.53. The third-order valence-electron chi connectivity index (χ3n) is 2.69. The Kier molecular flexibility index (Phi) is 2.49. The van der Waals surface area contributed by atoms with Gasteiger partial charge >= 0.3 is 0 Å². The number of nitrogen functional groups attached to an aromatic ring is 1. The summed E-state index contributed by atoms with van der Waals surface area (Å²) in [4.78, 5) is 17.0. The van der Waals surface area contributed by atoms with Gasteiger partial charge in [-0.25, -0.2) is 0 Å². The number of nitrogens with two attached hydrogens (primary N) is 1. The molecule has 0 aliphatic carbocycles. The average molecular weight is 245 g/mol. The second-order valence-electron chi connectivity index (χ2n) is 3.90. The summed E-state index contributed by atoms with van der Waals surface area (Å²) in [5.74, 6) is 0.160. The largest absolute Gasteiger partial charge is 0.368 e. The number of amides is 1. The van der Waals surface area contributed by atoms with Crippen LogP contribution in [0, 0.1) is 0 Å². The Morgan fingerprint density at radius 1 is 1.33 bits per heavy atom. The van der Waals surface area contributed by atoms with Gasteiger partial charge < -0.3 is 10.3 Å². The molecule has 6 heteroatoms. The van der Waals surface area contributed by atoms with Crippen LogP contribution < -0.4 is 10.8 Å². The number of carbonyl (C=O) groups excluding carboxylic acids is 1. The van der Waals surface area contributed by atoms with Gasteiger partial charge in [0.25, 0.3) is 5.91 Å². The van der Waals surface area contributed by atoms with Crippen LogP contribution in [0.3, 0.4) is 0 Å². The van der Waals surface area contributed by atoms with Crippen molar-refractivity contribution < 1.29 is 14.2 Å². The van der Waals surface area contributed by atoms with Crippen molar-refractivity contribution in [3.8, 4) is 11.3 Å². The molecule has 2 heterocycles. The molecule has 0 spiro atoms. The van der Waals surface area contributed by atoms with E-state index in [1.54, 1.807) is 12.1 Å². The molecule has 2 aromatic rings. The van der Waals surface area contributed by atoms with E-state index in [0.717, 1.165) is 5.56 Å². The molecule has 0 saturated carbocycles. The molecule has 0 unspecified atom stereocenters. The number of rotatable bonds is 2. The van der Waals surface area contributed by atoms with Crippen LogP contribution in [0.2, 0.25) is 0 Å². The highest BCUT2D eigenvalue weighted by Gasteiger charge is 2.26. The number of para-hydroxylation sites is 1. The molecule has 18 heavy (non-hydrogen) atoms. The summed E-state index contributed by atoms with van der Waals surface area (Å²) >= 11 is 0. The lowest BCUT2D eigenvalue weighted by Gasteiger charge is -2.16. The zero-order valence-corrected chi connectivity index (χ0v) is 9.50. The summed E-state index contributed by atoms with van der Waals surface area (Å²) in [7, 11) is 0. The minimum atomic E-state index is -0.0704. The molecular formula is C12H11N3O3.